The first-order chi connectivity index (χ1) is 18.5. The number of hydrogen-bond donors (Lipinski definition) is 2. The summed E-state index contributed by atoms with van der Waals surface area (Å²) >= 11 is 0. The van der Waals surface area contributed by atoms with Gasteiger partial charge in [0.1, 0.15) is 5.82 Å². The molecule has 1 atom stereocenters. The number of hydrogen-bond acceptors (Lipinski definition) is 5. The number of nitrogens with zero attached hydrogens (tertiary/aromatic N) is 1. The Balaban J connectivity index is 1.33. The van der Waals surface area contributed by atoms with Gasteiger partial charge >= 0.3 is 0 Å². The number of amides is 2. The first-order valence-corrected chi connectivity index (χ1v) is 12.8. The largest absolute Gasteiger partial charge is 0.493 e. The van der Waals surface area contributed by atoms with Crippen LogP contribution in [-0.4, -0.2) is 50.6 Å². The van der Waals surface area contributed by atoms with Crippen molar-refractivity contribution >= 4 is 17.5 Å². The molecule has 7 nitrogen and oxygen atoms in total. The van der Waals surface area contributed by atoms with Crippen molar-refractivity contribution in [2.45, 2.75) is 25.8 Å². The quantitative estimate of drug-likeness (QED) is 0.407. The Kier molecular flexibility index (Phi) is 9.32. The second kappa shape index (κ2) is 13.1. The Hall–Kier alpha value is -3.91. The summed E-state index contributed by atoms with van der Waals surface area (Å²) in [7, 11) is 3.17. The number of benzene rings is 3. The molecule has 1 saturated heterocycles. The van der Waals surface area contributed by atoms with E-state index in [2.05, 4.69) is 15.5 Å². The number of rotatable bonds is 10. The molecule has 200 valence electrons. The molecule has 8 heteroatoms. The lowest BCUT2D eigenvalue weighted by molar-refractivity contribution is -0.121. The van der Waals surface area contributed by atoms with Crippen LogP contribution in [0.4, 0.5) is 10.1 Å². The Morgan fingerprint density at radius 2 is 1.76 bits per heavy atom. The van der Waals surface area contributed by atoms with Crippen LogP contribution < -0.4 is 20.1 Å². The Bertz CT molecular complexity index is 1270. The lowest BCUT2D eigenvalue weighted by Gasteiger charge is -2.32. The number of para-hydroxylation sites is 1. The molecule has 1 fully saturated rings. The van der Waals surface area contributed by atoms with E-state index in [1.165, 1.54) is 6.07 Å². The maximum absolute atomic E-state index is 14.1. The SMILES string of the molecule is COc1ccc(CCNC(=O)c2ccccc2NC(=O)C2CCCN(Cc3ccccc3F)C2)cc1OC. The molecule has 1 aliphatic rings. The second-order valence-electron chi connectivity index (χ2n) is 9.40. The van der Waals surface area contributed by atoms with Crippen molar-refractivity contribution in [1.29, 1.82) is 0 Å². The number of methoxy groups -OCH3 is 2. The third-order valence-electron chi connectivity index (χ3n) is 6.80. The van der Waals surface area contributed by atoms with Crippen molar-refractivity contribution in [3.8, 4) is 11.5 Å². The molecule has 4 rings (SSSR count). The summed E-state index contributed by atoms with van der Waals surface area (Å²) in [5.41, 5.74) is 2.52. The van der Waals surface area contributed by atoms with Gasteiger partial charge in [-0.2, -0.15) is 0 Å². The van der Waals surface area contributed by atoms with Gasteiger partial charge in [0, 0.05) is 25.2 Å². The molecule has 0 saturated carbocycles. The van der Waals surface area contributed by atoms with E-state index in [4.69, 9.17) is 9.47 Å². The fourth-order valence-electron chi connectivity index (χ4n) is 4.76. The summed E-state index contributed by atoms with van der Waals surface area (Å²) in [6, 6.07) is 19.4. The molecule has 1 unspecified atom stereocenters. The zero-order chi connectivity index (χ0) is 26.9. The predicted octanol–water partition coefficient (Wildman–Crippen LogP) is 4.67. The fraction of sp³-hybridized carbons (Fsp3) is 0.333. The smallest absolute Gasteiger partial charge is 0.253 e. The van der Waals surface area contributed by atoms with Crippen LogP contribution >= 0.6 is 0 Å². The van der Waals surface area contributed by atoms with E-state index in [0.29, 0.717) is 54.4 Å². The minimum Gasteiger partial charge on any atom is -0.493 e. The summed E-state index contributed by atoms with van der Waals surface area (Å²) in [5, 5.41) is 5.90. The third-order valence-corrected chi connectivity index (χ3v) is 6.80. The van der Waals surface area contributed by atoms with Gasteiger partial charge in [-0.15, -0.1) is 0 Å². The molecular formula is C30H34FN3O4. The molecule has 38 heavy (non-hydrogen) atoms. The molecule has 0 spiro atoms. The number of anilines is 1. The van der Waals surface area contributed by atoms with Gasteiger partial charge in [-0.1, -0.05) is 36.4 Å². The van der Waals surface area contributed by atoms with Crippen molar-refractivity contribution in [3.63, 3.8) is 0 Å². The average molecular weight is 520 g/mol. The summed E-state index contributed by atoms with van der Waals surface area (Å²) < 4.78 is 24.7. The topological polar surface area (TPSA) is 79.9 Å². The normalized spacial score (nSPS) is 15.5. The lowest BCUT2D eigenvalue weighted by atomic mass is 9.96. The van der Waals surface area contributed by atoms with Crippen molar-refractivity contribution < 1.29 is 23.5 Å². The van der Waals surface area contributed by atoms with E-state index >= 15 is 0 Å². The van der Waals surface area contributed by atoms with Gasteiger partial charge in [0.2, 0.25) is 5.91 Å². The van der Waals surface area contributed by atoms with E-state index in [1.54, 1.807) is 50.6 Å². The molecule has 1 heterocycles. The van der Waals surface area contributed by atoms with Crippen LogP contribution in [0.3, 0.4) is 0 Å². The summed E-state index contributed by atoms with van der Waals surface area (Å²) in [4.78, 5) is 28.2. The van der Waals surface area contributed by atoms with E-state index in [9.17, 15) is 14.0 Å². The fourth-order valence-corrected chi connectivity index (χ4v) is 4.76. The van der Waals surface area contributed by atoms with Crippen LogP contribution in [0.5, 0.6) is 11.5 Å². The number of carbonyl (C=O) groups is 2. The van der Waals surface area contributed by atoms with Crippen molar-refractivity contribution in [2.75, 3.05) is 39.2 Å². The van der Waals surface area contributed by atoms with Gasteiger partial charge in [0.25, 0.3) is 5.91 Å². The molecule has 0 aromatic heterocycles. The molecule has 3 aromatic rings. The first kappa shape index (κ1) is 27.1. The van der Waals surface area contributed by atoms with Gasteiger partial charge < -0.3 is 20.1 Å². The summed E-state index contributed by atoms with van der Waals surface area (Å²) in [6.45, 7) is 2.25. The lowest BCUT2D eigenvalue weighted by Crippen LogP contribution is -2.40. The van der Waals surface area contributed by atoms with Crippen LogP contribution in [0.25, 0.3) is 0 Å². The minimum atomic E-state index is -0.258. The number of carbonyl (C=O) groups excluding carboxylic acids is 2. The summed E-state index contributed by atoms with van der Waals surface area (Å²) in [5.74, 6) is 0.430. The summed E-state index contributed by atoms with van der Waals surface area (Å²) in [6.07, 6.45) is 2.21. The average Bonchev–Trinajstić information content (AvgIpc) is 2.94. The maximum Gasteiger partial charge on any atom is 0.253 e. The zero-order valence-electron chi connectivity index (χ0n) is 21.8. The van der Waals surface area contributed by atoms with Crippen molar-refractivity contribution in [3.05, 3.63) is 89.2 Å². The molecule has 0 radical (unpaired) electrons. The number of halogens is 1. The monoisotopic (exact) mass is 519 g/mol. The van der Waals surface area contributed by atoms with Crippen molar-refractivity contribution in [1.82, 2.24) is 10.2 Å². The van der Waals surface area contributed by atoms with Crippen molar-refractivity contribution in [2.24, 2.45) is 5.92 Å². The first-order valence-electron chi connectivity index (χ1n) is 12.8. The van der Waals surface area contributed by atoms with E-state index in [-0.39, 0.29) is 23.5 Å². The van der Waals surface area contributed by atoms with E-state index < -0.39 is 0 Å². The predicted molar refractivity (Wildman–Crippen MR) is 145 cm³/mol. The highest BCUT2D eigenvalue weighted by molar-refractivity contribution is 6.04. The van der Waals surface area contributed by atoms with Crippen LogP contribution in [0.1, 0.15) is 34.3 Å². The van der Waals surface area contributed by atoms with Crippen LogP contribution in [0.15, 0.2) is 66.7 Å². The van der Waals surface area contributed by atoms with Gasteiger partial charge in [-0.3, -0.25) is 14.5 Å². The third kappa shape index (κ3) is 6.89. The number of ether oxygens (including phenoxy) is 2. The molecule has 1 aliphatic heterocycles. The minimum absolute atomic E-state index is 0.131. The second-order valence-corrected chi connectivity index (χ2v) is 9.40. The molecule has 0 aliphatic carbocycles. The van der Waals surface area contributed by atoms with Crippen LogP contribution in [0.2, 0.25) is 0 Å². The van der Waals surface area contributed by atoms with Gasteiger partial charge in [-0.05, 0) is 61.7 Å². The highest BCUT2D eigenvalue weighted by Gasteiger charge is 2.27. The Labute approximate surface area is 222 Å². The van der Waals surface area contributed by atoms with E-state index in [0.717, 1.165) is 24.9 Å². The molecular weight excluding hydrogens is 485 g/mol. The number of likely N-dealkylation sites (tertiary alicyclic amines) is 1. The maximum atomic E-state index is 14.1. The Morgan fingerprint density at radius 1 is 1.00 bits per heavy atom. The molecule has 2 amide bonds. The van der Waals surface area contributed by atoms with Gasteiger partial charge in [-0.25, -0.2) is 4.39 Å². The Morgan fingerprint density at radius 3 is 2.55 bits per heavy atom. The molecule has 0 bridgehead atoms. The number of nitrogens with one attached hydrogen (secondary N) is 2. The molecule has 3 aromatic carbocycles. The molecule has 2 N–H and O–H groups in total. The zero-order valence-corrected chi connectivity index (χ0v) is 21.8. The number of piperidine rings is 1. The van der Waals surface area contributed by atoms with E-state index in [1.807, 2.05) is 24.3 Å². The highest BCUT2D eigenvalue weighted by atomic mass is 19.1. The van der Waals surface area contributed by atoms with Gasteiger partial charge in [0.15, 0.2) is 11.5 Å². The standard InChI is InChI=1S/C30H34FN3O4/c1-37-27-14-13-21(18-28(27)38-2)15-16-32-30(36)24-10-4-6-12-26(24)33-29(35)23-9-7-17-34(20-23)19-22-8-3-5-11-25(22)31/h3-6,8,10-14,18,23H,7,9,15-17,19-20H2,1-2H3,(H,32,36)(H,33,35). The van der Waals surface area contributed by atoms with Crippen LogP contribution in [0, 0.1) is 11.7 Å². The van der Waals surface area contributed by atoms with Crippen LogP contribution in [-0.2, 0) is 17.8 Å². The van der Waals surface area contributed by atoms with Gasteiger partial charge in [0.05, 0.1) is 31.4 Å². The highest BCUT2D eigenvalue weighted by Crippen LogP contribution is 2.28.